The van der Waals surface area contributed by atoms with E-state index in [1.165, 1.54) is 30.3 Å². The lowest BCUT2D eigenvalue weighted by Gasteiger charge is -2.26. The summed E-state index contributed by atoms with van der Waals surface area (Å²) in [5.41, 5.74) is 0.560. The Morgan fingerprint density at radius 1 is 1.23 bits per heavy atom. The molecular formula is C22H19FN2O5. The van der Waals surface area contributed by atoms with Crippen molar-refractivity contribution in [1.82, 2.24) is 5.32 Å². The first kappa shape index (κ1) is 20.8. The topological polar surface area (TPSA) is 95.9 Å². The van der Waals surface area contributed by atoms with Gasteiger partial charge in [-0.25, -0.2) is 14.1 Å². The Bertz CT molecular complexity index is 1080. The highest BCUT2D eigenvalue weighted by Gasteiger charge is 2.37. The zero-order valence-electron chi connectivity index (χ0n) is 16.1. The molecule has 0 aliphatic carbocycles. The number of hydrogen-bond acceptors (Lipinski definition) is 5. The molecule has 1 fully saturated rings. The summed E-state index contributed by atoms with van der Waals surface area (Å²) < 4.78 is 19.0. The van der Waals surface area contributed by atoms with Crippen LogP contribution >= 0.6 is 0 Å². The molecule has 4 amide bonds. The molecule has 1 heterocycles. The van der Waals surface area contributed by atoms with Crippen LogP contribution in [0.5, 0.6) is 11.5 Å². The number of phenols is 1. The van der Waals surface area contributed by atoms with Crippen LogP contribution in [-0.4, -0.2) is 29.6 Å². The predicted octanol–water partition coefficient (Wildman–Crippen LogP) is 3.32. The summed E-state index contributed by atoms with van der Waals surface area (Å²) in [5, 5.41) is 12.4. The zero-order valence-corrected chi connectivity index (χ0v) is 16.1. The molecule has 8 heteroatoms. The monoisotopic (exact) mass is 410 g/mol. The van der Waals surface area contributed by atoms with E-state index in [1.807, 2.05) is 0 Å². The lowest BCUT2D eigenvalue weighted by atomic mass is 10.0. The van der Waals surface area contributed by atoms with E-state index in [1.54, 1.807) is 19.1 Å². The molecule has 0 atom stereocenters. The van der Waals surface area contributed by atoms with Crippen LogP contribution in [0.3, 0.4) is 0 Å². The largest absolute Gasteiger partial charge is 0.504 e. The molecule has 1 saturated heterocycles. The minimum atomic E-state index is -0.971. The third-order valence-electron chi connectivity index (χ3n) is 4.32. The standard InChI is InChI=1S/C22H19FN2O5/c1-3-6-14-9-13(11-18(19(14)26)30-4-2)10-17-20(27)24-22(29)25(21(17)28)16-8-5-7-15(23)12-16/h3,5,7-12,26H,1,4,6H2,2H3,(H,24,27,29)/b17-10-. The number of amides is 4. The summed E-state index contributed by atoms with van der Waals surface area (Å²) in [6, 6.07) is 7.00. The van der Waals surface area contributed by atoms with Crippen LogP contribution in [0, 0.1) is 5.82 Å². The maximum Gasteiger partial charge on any atom is 0.335 e. The van der Waals surface area contributed by atoms with Crippen LogP contribution in [0.15, 0.2) is 54.6 Å². The summed E-state index contributed by atoms with van der Waals surface area (Å²) in [7, 11) is 0. The van der Waals surface area contributed by atoms with Gasteiger partial charge in [0.1, 0.15) is 11.4 Å². The van der Waals surface area contributed by atoms with Gasteiger partial charge in [-0.15, -0.1) is 6.58 Å². The third-order valence-corrected chi connectivity index (χ3v) is 4.32. The molecular weight excluding hydrogens is 391 g/mol. The van der Waals surface area contributed by atoms with E-state index >= 15 is 0 Å². The fourth-order valence-electron chi connectivity index (χ4n) is 3.02. The molecule has 154 valence electrons. The Hall–Kier alpha value is -3.94. The number of phenolic OH excluding ortho intramolecular Hbond substituents is 1. The molecule has 0 bridgehead atoms. The van der Waals surface area contributed by atoms with Crippen molar-refractivity contribution in [3.05, 3.63) is 71.6 Å². The number of anilines is 1. The second-order valence-corrected chi connectivity index (χ2v) is 6.39. The molecule has 0 saturated carbocycles. The smallest absolute Gasteiger partial charge is 0.335 e. The minimum absolute atomic E-state index is 0.0102. The van der Waals surface area contributed by atoms with Crippen LogP contribution < -0.4 is 15.0 Å². The van der Waals surface area contributed by atoms with E-state index in [9.17, 15) is 23.9 Å². The lowest BCUT2D eigenvalue weighted by Crippen LogP contribution is -2.54. The Kier molecular flexibility index (Phi) is 5.96. The van der Waals surface area contributed by atoms with Gasteiger partial charge in [0, 0.05) is 5.56 Å². The molecule has 0 aromatic heterocycles. The second-order valence-electron chi connectivity index (χ2n) is 6.39. The van der Waals surface area contributed by atoms with Gasteiger partial charge in [0.25, 0.3) is 11.8 Å². The first-order chi connectivity index (χ1) is 14.3. The van der Waals surface area contributed by atoms with Gasteiger partial charge in [0.2, 0.25) is 0 Å². The number of carbonyl (C=O) groups excluding carboxylic acids is 3. The molecule has 0 radical (unpaired) electrons. The van der Waals surface area contributed by atoms with Crippen molar-refractivity contribution in [3.63, 3.8) is 0 Å². The van der Waals surface area contributed by atoms with E-state index in [-0.39, 0.29) is 22.8 Å². The number of allylic oxidation sites excluding steroid dienone is 1. The van der Waals surface area contributed by atoms with Gasteiger partial charge in [-0.3, -0.25) is 14.9 Å². The van der Waals surface area contributed by atoms with Crippen molar-refractivity contribution < 1.29 is 28.6 Å². The van der Waals surface area contributed by atoms with Crippen LogP contribution in [0.2, 0.25) is 0 Å². The Morgan fingerprint density at radius 2 is 2.00 bits per heavy atom. The summed E-state index contributed by atoms with van der Waals surface area (Å²) in [6.07, 6.45) is 3.20. The van der Waals surface area contributed by atoms with Gasteiger partial charge in [-0.1, -0.05) is 12.1 Å². The van der Waals surface area contributed by atoms with Gasteiger partial charge >= 0.3 is 6.03 Å². The number of urea groups is 1. The number of carbonyl (C=O) groups is 3. The quantitative estimate of drug-likeness (QED) is 0.433. The summed E-state index contributed by atoms with van der Waals surface area (Å²) in [5.74, 6) is -2.29. The third kappa shape index (κ3) is 4.07. The molecule has 1 aliphatic rings. The zero-order chi connectivity index (χ0) is 21.8. The van der Waals surface area contributed by atoms with Crippen molar-refractivity contribution in [2.75, 3.05) is 11.5 Å². The molecule has 2 N–H and O–H groups in total. The molecule has 3 rings (SSSR count). The molecule has 2 aromatic carbocycles. The van der Waals surface area contributed by atoms with Crippen molar-refractivity contribution >= 4 is 29.6 Å². The summed E-state index contributed by atoms with van der Waals surface area (Å²) >= 11 is 0. The van der Waals surface area contributed by atoms with E-state index in [4.69, 9.17) is 4.74 Å². The fraction of sp³-hybridized carbons (Fsp3) is 0.136. The van der Waals surface area contributed by atoms with Crippen molar-refractivity contribution in [2.45, 2.75) is 13.3 Å². The highest BCUT2D eigenvalue weighted by atomic mass is 19.1. The van der Waals surface area contributed by atoms with Gasteiger partial charge in [0.05, 0.1) is 12.3 Å². The SMILES string of the molecule is C=CCc1cc(/C=C2/C(=O)NC(=O)N(c3cccc(F)c3)C2=O)cc(OCC)c1O. The van der Waals surface area contributed by atoms with Gasteiger partial charge in [0.15, 0.2) is 11.5 Å². The average molecular weight is 410 g/mol. The minimum Gasteiger partial charge on any atom is -0.504 e. The van der Waals surface area contributed by atoms with E-state index in [2.05, 4.69) is 11.9 Å². The number of rotatable bonds is 6. The normalized spacial score (nSPS) is 15.3. The number of hydrogen-bond donors (Lipinski definition) is 2. The first-order valence-corrected chi connectivity index (χ1v) is 9.12. The maximum absolute atomic E-state index is 13.6. The number of nitrogens with one attached hydrogen (secondary N) is 1. The van der Waals surface area contributed by atoms with Crippen LogP contribution in [0.1, 0.15) is 18.1 Å². The average Bonchev–Trinajstić information content (AvgIpc) is 2.69. The Labute approximate surface area is 172 Å². The van der Waals surface area contributed by atoms with E-state index < -0.39 is 23.7 Å². The molecule has 7 nitrogen and oxygen atoms in total. The summed E-state index contributed by atoms with van der Waals surface area (Å²) in [4.78, 5) is 38.1. The number of ether oxygens (including phenoxy) is 1. The van der Waals surface area contributed by atoms with Gasteiger partial charge in [-0.2, -0.15) is 0 Å². The Morgan fingerprint density at radius 3 is 2.67 bits per heavy atom. The maximum atomic E-state index is 13.6. The highest BCUT2D eigenvalue weighted by molar-refractivity contribution is 6.39. The van der Waals surface area contributed by atoms with Crippen molar-refractivity contribution in [1.29, 1.82) is 0 Å². The molecule has 30 heavy (non-hydrogen) atoms. The molecule has 0 spiro atoms. The van der Waals surface area contributed by atoms with Gasteiger partial charge < -0.3 is 9.84 Å². The number of aromatic hydroxyl groups is 1. The number of halogens is 1. The number of nitrogens with zero attached hydrogens (tertiary/aromatic N) is 1. The van der Waals surface area contributed by atoms with Crippen LogP contribution in [0.25, 0.3) is 6.08 Å². The molecule has 1 aliphatic heterocycles. The fourth-order valence-corrected chi connectivity index (χ4v) is 3.02. The van der Waals surface area contributed by atoms with E-state index in [0.29, 0.717) is 29.1 Å². The highest BCUT2D eigenvalue weighted by Crippen LogP contribution is 2.33. The Balaban J connectivity index is 2.07. The molecule has 0 unspecified atom stereocenters. The second kappa shape index (κ2) is 8.60. The van der Waals surface area contributed by atoms with Crippen LogP contribution in [-0.2, 0) is 16.0 Å². The summed E-state index contributed by atoms with van der Waals surface area (Å²) in [6.45, 7) is 5.68. The van der Waals surface area contributed by atoms with Crippen molar-refractivity contribution in [3.8, 4) is 11.5 Å². The number of benzene rings is 2. The van der Waals surface area contributed by atoms with Crippen LogP contribution in [0.4, 0.5) is 14.9 Å². The number of barbiturate groups is 1. The predicted molar refractivity (Wildman–Crippen MR) is 109 cm³/mol. The molecule has 2 aromatic rings. The lowest BCUT2D eigenvalue weighted by molar-refractivity contribution is -0.122. The number of imide groups is 2. The van der Waals surface area contributed by atoms with Gasteiger partial charge in [-0.05, 0) is 55.3 Å². The van der Waals surface area contributed by atoms with E-state index in [0.717, 1.165) is 6.07 Å². The first-order valence-electron chi connectivity index (χ1n) is 9.12. The van der Waals surface area contributed by atoms with Crippen molar-refractivity contribution in [2.24, 2.45) is 0 Å².